The van der Waals surface area contributed by atoms with Crippen molar-refractivity contribution < 1.29 is 25.7 Å². The molecular formula is C13H10F2N2O4S. The van der Waals surface area contributed by atoms with E-state index in [4.69, 9.17) is 0 Å². The van der Waals surface area contributed by atoms with Gasteiger partial charge in [-0.05, 0) is 18.2 Å². The smallest absolute Gasteiger partial charge is 0.357 e. The zero-order valence-corrected chi connectivity index (χ0v) is 12.0. The van der Waals surface area contributed by atoms with Crippen molar-refractivity contribution in [2.45, 2.75) is 0 Å². The van der Waals surface area contributed by atoms with Crippen LogP contribution in [0.3, 0.4) is 0 Å². The normalized spacial score (nSPS) is 11.0. The predicted molar refractivity (Wildman–Crippen MR) is 74.0 cm³/mol. The topological polar surface area (TPSA) is 76.6 Å². The first kappa shape index (κ1) is 15.8. The summed E-state index contributed by atoms with van der Waals surface area (Å²) in [6.45, 7) is 0. The summed E-state index contributed by atoms with van der Waals surface area (Å²) in [6.07, 6.45) is 2.05. The number of rotatable bonds is 4. The van der Waals surface area contributed by atoms with Gasteiger partial charge in [0.25, 0.3) is 5.91 Å². The van der Waals surface area contributed by atoms with Crippen LogP contribution < -0.4 is 9.08 Å². The fraction of sp³-hybridized carbons (Fsp3) is 0.0769. The molecule has 0 bridgehead atoms. The Morgan fingerprint density at radius 3 is 2.59 bits per heavy atom. The molecule has 0 aliphatic carbocycles. The third-order valence-corrected chi connectivity index (χ3v) is 3.07. The van der Waals surface area contributed by atoms with Crippen LogP contribution in [0.15, 0.2) is 42.7 Å². The van der Waals surface area contributed by atoms with E-state index < -0.39 is 28.0 Å². The summed E-state index contributed by atoms with van der Waals surface area (Å²) >= 11 is 0. The number of hydrogen-bond acceptors (Lipinski definition) is 5. The third-order valence-electron chi connectivity index (χ3n) is 2.67. The number of halogens is 2. The van der Waals surface area contributed by atoms with Crippen LogP contribution in [0, 0.1) is 5.82 Å². The average molecular weight is 328 g/mol. The molecule has 2 aromatic rings. The molecule has 0 unspecified atom stereocenters. The summed E-state index contributed by atoms with van der Waals surface area (Å²) in [7, 11) is -3.89. The minimum absolute atomic E-state index is 0.0249. The van der Waals surface area contributed by atoms with Gasteiger partial charge < -0.3 is 9.08 Å². The van der Waals surface area contributed by atoms with Gasteiger partial charge in [0, 0.05) is 13.2 Å². The van der Waals surface area contributed by atoms with Gasteiger partial charge >= 0.3 is 10.5 Å². The van der Waals surface area contributed by atoms with E-state index in [2.05, 4.69) is 9.17 Å². The molecule has 1 aromatic heterocycles. The van der Waals surface area contributed by atoms with Gasteiger partial charge in [-0.1, -0.05) is 16.0 Å². The Morgan fingerprint density at radius 1 is 1.27 bits per heavy atom. The molecule has 0 N–H and O–H groups in total. The van der Waals surface area contributed by atoms with Crippen molar-refractivity contribution in [1.29, 1.82) is 0 Å². The number of amides is 1. The number of pyridine rings is 1. The van der Waals surface area contributed by atoms with Crippen LogP contribution in [-0.2, 0) is 10.5 Å². The van der Waals surface area contributed by atoms with E-state index in [9.17, 15) is 21.5 Å². The SMILES string of the molecule is CN(C(=O)c1cncc(OS(=O)(=O)F)c1)c1ccccc1F. The maximum atomic E-state index is 13.7. The Balaban J connectivity index is 2.30. The van der Waals surface area contributed by atoms with E-state index in [1.54, 1.807) is 6.07 Å². The van der Waals surface area contributed by atoms with E-state index in [0.717, 1.165) is 23.4 Å². The molecule has 2 rings (SSSR count). The maximum absolute atomic E-state index is 13.7. The Hall–Kier alpha value is -2.55. The predicted octanol–water partition coefficient (Wildman–Crippen LogP) is 2.09. The maximum Gasteiger partial charge on any atom is 0.488 e. The molecule has 6 nitrogen and oxygen atoms in total. The fourth-order valence-electron chi connectivity index (χ4n) is 1.72. The van der Waals surface area contributed by atoms with Crippen molar-refractivity contribution in [3.8, 4) is 5.75 Å². The molecule has 116 valence electrons. The monoisotopic (exact) mass is 328 g/mol. The van der Waals surface area contributed by atoms with Gasteiger partial charge in [-0.2, -0.15) is 8.42 Å². The molecular weight excluding hydrogens is 318 g/mol. The molecule has 0 aliphatic rings. The Labute approximate surface area is 125 Å². The van der Waals surface area contributed by atoms with Crippen LogP contribution in [-0.4, -0.2) is 26.4 Å². The van der Waals surface area contributed by atoms with E-state index in [-0.39, 0.29) is 11.3 Å². The lowest BCUT2D eigenvalue weighted by Gasteiger charge is -2.17. The summed E-state index contributed by atoms with van der Waals surface area (Å²) in [6, 6.07) is 6.60. The first-order chi connectivity index (χ1) is 10.3. The van der Waals surface area contributed by atoms with E-state index in [0.29, 0.717) is 0 Å². The van der Waals surface area contributed by atoms with Gasteiger partial charge in [-0.3, -0.25) is 9.78 Å². The van der Waals surface area contributed by atoms with Gasteiger partial charge in [-0.25, -0.2) is 4.39 Å². The number of para-hydroxylation sites is 1. The van der Waals surface area contributed by atoms with E-state index >= 15 is 0 Å². The van der Waals surface area contributed by atoms with Crippen molar-refractivity contribution in [2.24, 2.45) is 0 Å². The molecule has 0 spiro atoms. The summed E-state index contributed by atoms with van der Waals surface area (Å²) < 4.78 is 51.0. The first-order valence-electron chi connectivity index (χ1n) is 5.89. The number of anilines is 1. The molecule has 0 fully saturated rings. The van der Waals surface area contributed by atoms with Crippen molar-refractivity contribution in [3.63, 3.8) is 0 Å². The average Bonchev–Trinajstić information content (AvgIpc) is 2.45. The molecule has 9 heteroatoms. The lowest BCUT2D eigenvalue weighted by atomic mass is 10.2. The second-order valence-corrected chi connectivity index (χ2v) is 5.15. The van der Waals surface area contributed by atoms with Crippen molar-refractivity contribution in [1.82, 2.24) is 4.98 Å². The Kier molecular flexibility index (Phi) is 4.36. The largest absolute Gasteiger partial charge is 0.488 e. The standard InChI is InChI=1S/C13H10F2N2O4S/c1-17(12-5-3-2-4-11(12)14)13(18)9-6-10(8-16-7-9)21-22(15,19)20/h2-8H,1H3. The van der Waals surface area contributed by atoms with Crippen molar-refractivity contribution in [2.75, 3.05) is 11.9 Å². The van der Waals surface area contributed by atoms with Gasteiger partial charge in [0.05, 0.1) is 17.4 Å². The highest BCUT2D eigenvalue weighted by Crippen LogP contribution is 2.21. The van der Waals surface area contributed by atoms with Gasteiger partial charge in [0.2, 0.25) is 0 Å². The lowest BCUT2D eigenvalue weighted by molar-refractivity contribution is 0.0991. The van der Waals surface area contributed by atoms with Gasteiger partial charge in [0.1, 0.15) is 5.82 Å². The molecule has 1 amide bonds. The van der Waals surface area contributed by atoms with Crippen molar-refractivity contribution in [3.05, 3.63) is 54.1 Å². The zero-order valence-electron chi connectivity index (χ0n) is 11.2. The van der Waals surface area contributed by atoms with Crippen molar-refractivity contribution >= 4 is 22.1 Å². The molecule has 0 saturated carbocycles. The molecule has 1 heterocycles. The van der Waals surface area contributed by atoms with Gasteiger partial charge in [-0.15, -0.1) is 0 Å². The second-order valence-electron chi connectivity index (χ2n) is 4.20. The molecule has 0 radical (unpaired) electrons. The van der Waals surface area contributed by atoms with Crippen LogP contribution in [0.1, 0.15) is 10.4 Å². The Bertz CT molecular complexity index is 811. The van der Waals surface area contributed by atoms with Crippen LogP contribution in [0.5, 0.6) is 5.75 Å². The quantitative estimate of drug-likeness (QED) is 0.803. The molecule has 0 saturated heterocycles. The van der Waals surface area contributed by atoms with E-state index in [1.807, 2.05) is 0 Å². The highest BCUT2D eigenvalue weighted by atomic mass is 32.3. The zero-order chi connectivity index (χ0) is 16.3. The first-order valence-corrected chi connectivity index (χ1v) is 7.20. The number of hydrogen-bond donors (Lipinski definition) is 0. The minimum Gasteiger partial charge on any atom is -0.357 e. The van der Waals surface area contributed by atoms with Crippen LogP contribution in [0.4, 0.5) is 14.0 Å². The summed E-state index contributed by atoms with van der Waals surface area (Å²) in [5.41, 5.74) is -0.0659. The number of carbonyl (C=O) groups excluding carboxylic acids is 1. The third kappa shape index (κ3) is 3.76. The summed E-state index contributed by atoms with van der Waals surface area (Å²) in [5.74, 6) is -1.74. The summed E-state index contributed by atoms with van der Waals surface area (Å²) in [4.78, 5) is 16.8. The number of aromatic nitrogens is 1. The molecule has 22 heavy (non-hydrogen) atoms. The molecule has 1 aromatic carbocycles. The highest BCUT2D eigenvalue weighted by Gasteiger charge is 2.18. The van der Waals surface area contributed by atoms with Crippen LogP contribution in [0.25, 0.3) is 0 Å². The van der Waals surface area contributed by atoms with Crippen LogP contribution >= 0.6 is 0 Å². The molecule has 0 aliphatic heterocycles. The number of carbonyl (C=O) groups is 1. The van der Waals surface area contributed by atoms with Gasteiger partial charge in [0.15, 0.2) is 5.75 Å². The molecule has 0 atom stereocenters. The lowest BCUT2D eigenvalue weighted by Crippen LogP contribution is -2.27. The highest BCUT2D eigenvalue weighted by molar-refractivity contribution is 7.81. The van der Waals surface area contributed by atoms with Crippen LogP contribution in [0.2, 0.25) is 0 Å². The minimum atomic E-state index is -5.22. The van der Waals surface area contributed by atoms with E-state index in [1.165, 1.54) is 25.2 Å². The fourth-order valence-corrected chi connectivity index (χ4v) is 2.04. The summed E-state index contributed by atoms with van der Waals surface area (Å²) in [5, 5.41) is 0. The Morgan fingerprint density at radius 2 is 1.95 bits per heavy atom. The number of benzene rings is 1. The number of nitrogens with zero attached hydrogens (tertiary/aromatic N) is 2. The second kappa shape index (κ2) is 6.06.